The minimum atomic E-state index is -0.960. The van der Waals surface area contributed by atoms with Crippen molar-refractivity contribution in [2.75, 3.05) is 13.2 Å². The summed E-state index contributed by atoms with van der Waals surface area (Å²) in [5, 5.41) is 1.63. The highest BCUT2D eigenvalue weighted by Crippen LogP contribution is 2.21. The van der Waals surface area contributed by atoms with Gasteiger partial charge in [0.1, 0.15) is 0 Å². The summed E-state index contributed by atoms with van der Waals surface area (Å²) in [6.45, 7) is 4.24. The smallest absolute Gasteiger partial charge is 0.218 e. The fraction of sp³-hybridized carbons (Fsp3) is 0.500. The van der Waals surface area contributed by atoms with Crippen LogP contribution in [-0.4, -0.2) is 31.1 Å². The largest absolute Gasteiger partial charge is 0.346 e. The molecule has 0 saturated heterocycles. The molecule has 0 fully saturated rings. The molecule has 1 aromatic heterocycles. The second-order valence-electron chi connectivity index (χ2n) is 3.45. The molecule has 18 heavy (non-hydrogen) atoms. The lowest BCUT2D eigenvalue weighted by Crippen LogP contribution is -2.29. The Morgan fingerprint density at radius 3 is 2.39 bits per heavy atom. The van der Waals surface area contributed by atoms with Crippen LogP contribution in [-0.2, 0) is 14.3 Å². The topological polar surface area (TPSA) is 52.6 Å². The van der Waals surface area contributed by atoms with Crippen LogP contribution >= 0.6 is 22.9 Å². The van der Waals surface area contributed by atoms with E-state index in [9.17, 15) is 9.59 Å². The monoisotopic (exact) mass is 290 g/mol. The summed E-state index contributed by atoms with van der Waals surface area (Å²) in [5.41, 5.74) is 0.449. The van der Waals surface area contributed by atoms with Crippen molar-refractivity contribution in [3.8, 4) is 0 Å². The quantitative estimate of drug-likeness (QED) is 0.420. The van der Waals surface area contributed by atoms with Crippen LogP contribution in [0.25, 0.3) is 0 Å². The first-order valence-electron chi connectivity index (χ1n) is 5.61. The van der Waals surface area contributed by atoms with E-state index in [2.05, 4.69) is 0 Å². The summed E-state index contributed by atoms with van der Waals surface area (Å²) >= 11 is 6.99. The molecule has 0 saturated carbocycles. The summed E-state index contributed by atoms with van der Waals surface area (Å²) in [5.74, 6) is -0.640. The molecular weight excluding hydrogens is 276 g/mol. The molecule has 4 nitrogen and oxygen atoms in total. The third-order valence-electron chi connectivity index (χ3n) is 2.12. The van der Waals surface area contributed by atoms with Gasteiger partial charge in [-0.15, -0.1) is 11.3 Å². The van der Waals surface area contributed by atoms with Crippen LogP contribution in [0, 0.1) is 0 Å². The Morgan fingerprint density at radius 1 is 1.33 bits per heavy atom. The van der Waals surface area contributed by atoms with Crippen molar-refractivity contribution in [1.82, 2.24) is 0 Å². The normalized spacial score (nSPS) is 10.9. The standard InChI is InChI=1S/C12H15ClO4S/c1-3-16-12(17-4-2)10(15)6-9(14)8-5-11(13)18-7-8/h5,7,12H,3-4,6H2,1-2H3. The average Bonchev–Trinajstić information content (AvgIpc) is 2.75. The van der Waals surface area contributed by atoms with Gasteiger partial charge in [0.15, 0.2) is 11.6 Å². The van der Waals surface area contributed by atoms with E-state index in [-0.39, 0.29) is 18.0 Å². The number of hydrogen-bond donors (Lipinski definition) is 0. The predicted molar refractivity (Wildman–Crippen MR) is 70.3 cm³/mol. The van der Waals surface area contributed by atoms with Crippen LogP contribution in [0.2, 0.25) is 4.34 Å². The minimum Gasteiger partial charge on any atom is -0.346 e. The van der Waals surface area contributed by atoms with E-state index in [0.29, 0.717) is 23.1 Å². The maximum absolute atomic E-state index is 11.8. The first kappa shape index (κ1) is 15.3. The molecule has 0 aliphatic rings. The lowest BCUT2D eigenvalue weighted by atomic mass is 10.1. The van der Waals surface area contributed by atoms with E-state index >= 15 is 0 Å². The molecule has 0 atom stereocenters. The van der Waals surface area contributed by atoms with Gasteiger partial charge in [-0.2, -0.15) is 0 Å². The minimum absolute atomic E-state index is 0.238. The number of ether oxygens (including phenoxy) is 2. The van der Waals surface area contributed by atoms with Crippen LogP contribution < -0.4 is 0 Å². The Kier molecular flexibility index (Phi) is 6.49. The van der Waals surface area contributed by atoms with Crippen LogP contribution in [0.15, 0.2) is 11.4 Å². The number of carbonyl (C=O) groups is 2. The van der Waals surface area contributed by atoms with E-state index < -0.39 is 6.29 Å². The van der Waals surface area contributed by atoms with Crippen LogP contribution in [0.3, 0.4) is 0 Å². The molecule has 0 aliphatic carbocycles. The molecule has 1 heterocycles. The maximum Gasteiger partial charge on any atom is 0.218 e. The van der Waals surface area contributed by atoms with Crippen molar-refractivity contribution in [3.63, 3.8) is 0 Å². The van der Waals surface area contributed by atoms with Gasteiger partial charge in [-0.1, -0.05) is 11.6 Å². The fourth-order valence-corrected chi connectivity index (χ4v) is 2.22. The van der Waals surface area contributed by atoms with E-state index in [1.165, 1.54) is 11.3 Å². The predicted octanol–water partition coefficient (Wildman–Crippen LogP) is 2.94. The zero-order valence-electron chi connectivity index (χ0n) is 10.3. The third-order valence-corrected chi connectivity index (χ3v) is 3.21. The molecule has 100 valence electrons. The third kappa shape index (κ3) is 4.49. The number of rotatable bonds is 8. The Bertz CT molecular complexity index is 410. The summed E-state index contributed by atoms with van der Waals surface area (Å²) in [6.07, 6.45) is -1.20. The fourth-order valence-electron chi connectivity index (χ4n) is 1.34. The van der Waals surface area contributed by atoms with E-state index in [4.69, 9.17) is 21.1 Å². The summed E-state index contributed by atoms with van der Waals surface area (Å²) in [6, 6.07) is 1.55. The summed E-state index contributed by atoms with van der Waals surface area (Å²) in [7, 11) is 0. The summed E-state index contributed by atoms with van der Waals surface area (Å²) < 4.78 is 10.8. The van der Waals surface area contributed by atoms with Crippen LogP contribution in [0.1, 0.15) is 30.6 Å². The van der Waals surface area contributed by atoms with Crippen LogP contribution in [0.5, 0.6) is 0 Å². The Labute approximate surface area is 115 Å². The summed E-state index contributed by atoms with van der Waals surface area (Å²) in [4.78, 5) is 23.6. The molecular formula is C12H15ClO4S. The lowest BCUT2D eigenvalue weighted by molar-refractivity contribution is -0.166. The highest BCUT2D eigenvalue weighted by Gasteiger charge is 2.22. The maximum atomic E-state index is 11.8. The number of Topliss-reactive ketones (excluding diaryl/α,β-unsaturated/α-hetero) is 2. The van der Waals surface area contributed by atoms with Crippen LogP contribution in [0.4, 0.5) is 0 Å². The van der Waals surface area contributed by atoms with E-state index in [1.807, 2.05) is 0 Å². The highest BCUT2D eigenvalue weighted by atomic mass is 35.5. The molecule has 0 spiro atoms. The number of hydrogen-bond acceptors (Lipinski definition) is 5. The second-order valence-corrected chi connectivity index (χ2v) is 4.99. The Morgan fingerprint density at radius 2 is 1.94 bits per heavy atom. The molecule has 0 aromatic carbocycles. The van der Waals surface area contributed by atoms with Crippen molar-refractivity contribution in [1.29, 1.82) is 0 Å². The van der Waals surface area contributed by atoms with Gasteiger partial charge < -0.3 is 9.47 Å². The average molecular weight is 291 g/mol. The van der Waals surface area contributed by atoms with E-state index in [1.54, 1.807) is 25.3 Å². The van der Waals surface area contributed by atoms with Crippen molar-refractivity contribution < 1.29 is 19.1 Å². The highest BCUT2D eigenvalue weighted by molar-refractivity contribution is 7.14. The van der Waals surface area contributed by atoms with Crippen molar-refractivity contribution >= 4 is 34.5 Å². The number of ketones is 2. The van der Waals surface area contributed by atoms with Crippen molar-refractivity contribution in [3.05, 3.63) is 21.3 Å². The molecule has 0 bridgehead atoms. The molecule has 6 heteroatoms. The molecule has 1 aromatic rings. The first-order chi connectivity index (χ1) is 8.58. The van der Waals surface area contributed by atoms with Crippen molar-refractivity contribution in [2.24, 2.45) is 0 Å². The zero-order chi connectivity index (χ0) is 13.5. The van der Waals surface area contributed by atoms with Gasteiger partial charge >= 0.3 is 0 Å². The van der Waals surface area contributed by atoms with Gasteiger partial charge in [-0.3, -0.25) is 9.59 Å². The van der Waals surface area contributed by atoms with Crippen molar-refractivity contribution in [2.45, 2.75) is 26.6 Å². The zero-order valence-corrected chi connectivity index (χ0v) is 11.8. The van der Waals surface area contributed by atoms with E-state index in [0.717, 1.165) is 0 Å². The second kappa shape index (κ2) is 7.63. The SMILES string of the molecule is CCOC(OCC)C(=O)CC(=O)c1csc(Cl)c1. The number of thiophene rings is 1. The molecule has 0 radical (unpaired) electrons. The van der Waals surface area contributed by atoms with Gasteiger partial charge in [0.25, 0.3) is 0 Å². The van der Waals surface area contributed by atoms with Gasteiger partial charge in [0, 0.05) is 24.2 Å². The van der Waals surface area contributed by atoms with Gasteiger partial charge in [-0.05, 0) is 19.9 Å². The Hall–Kier alpha value is -0.750. The van der Waals surface area contributed by atoms with Gasteiger partial charge in [0.05, 0.1) is 10.8 Å². The number of halogens is 1. The van der Waals surface area contributed by atoms with Gasteiger partial charge in [-0.25, -0.2) is 0 Å². The molecule has 1 rings (SSSR count). The number of carbonyl (C=O) groups excluding carboxylic acids is 2. The molecule has 0 aliphatic heterocycles. The Balaban J connectivity index is 2.59. The molecule has 0 amide bonds. The molecule has 0 unspecified atom stereocenters. The first-order valence-corrected chi connectivity index (χ1v) is 6.87. The molecule has 0 N–H and O–H groups in total. The van der Waals surface area contributed by atoms with Gasteiger partial charge in [0.2, 0.25) is 6.29 Å². The lowest BCUT2D eigenvalue weighted by Gasteiger charge is -2.14.